The van der Waals surface area contributed by atoms with Crippen LogP contribution in [0.1, 0.15) is 15.9 Å². The van der Waals surface area contributed by atoms with Crippen LogP contribution in [-0.2, 0) is 0 Å². The number of aromatic hydroxyl groups is 1. The predicted molar refractivity (Wildman–Crippen MR) is 66.2 cm³/mol. The number of benzene rings is 2. The summed E-state index contributed by atoms with van der Waals surface area (Å²) in [5.74, 6) is -1.73. The SMILES string of the molecule is Cc1ccc(F)c(O)c1.O=C(O)c1ccccc1. The topological polar surface area (TPSA) is 57.5 Å². The number of aryl methyl sites for hydroxylation is 1. The molecule has 0 atom stereocenters. The van der Waals surface area contributed by atoms with Crippen molar-refractivity contribution in [1.29, 1.82) is 0 Å². The first-order chi connectivity index (χ1) is 8.50. The first-order valence-corrected chi connectivity index (χ1v) is 5.24. The molecule has 0 bridgehead atoms. The van der Waals surface area contributed by atoms with Gasteiger partial charge >= 0.3 is 5.97 Å². The maximum Gasteiger partial charge on any atom is 0.335 e. The van der Waals surface area contributed by atoms with E-state index in [1.54, 1.807) is 43.3 Å². The van der Waals surface area contributed by atoms with Crippen molar-refractivity contribution in [3.63, 3.8) is 0 Å². The third-order valence-corrected chi connectivity index (χ3v) is 2.12. The second-order valence-electron chi connectivity index (χ2n) is 3.63. The Bertz CT molecular complexity index is 524. The van der Waals surface area contributed by atoms with E-state index in [-0.39, 0.29) is 5.75 Å². The first kappa shape index (κ1) is 13.7. The van der Waals surface area contributed by atoms with Crippen LogP contribution in [0.3, 0.4) is 0 Å². The van der Waals surface area contributed by atoms with E-state index in [4.69, 9.17) is 10.2 Å². The fourth-order valence-corrected chi connectivity index (χ4v) is 1.20. The Balaban J connectivity index is 0.000000180. The monoisotopic (exact) mass is 248 g/mol. The molecule has 4 heteroatoms. The zero-order valence-corrected chi connectivity index (χ0v) is 9.80. The van der Waals surface area contributed by atoms with Gasteiger partial charge in [0, 0.05) is 0 Å². The van der Waals surface area contributed by atoms with Crippen LogP contribution in [0.4, 0.5) is 4.39 Å². The molecule has 0 heterocycles. The van der Waals surface area contributed by atoms with Gasteiger partial charge in [0.15, 0.2) is 11.6 Å². The Hall–Kier alpha value is -2.36. The number of phenolic OH excluding ortho intramolecular Hbond substituents is 1. The molecule has 0 saturated carbocycles. The summed E-state index contributed by atoms with van der Waals surface area (Å²) in [7, 11) is 0. The summed E-state index contributed by atoms with van der Waals surface area (Å²) >= 11 is 0. The van der Waals surface area contributed by atoms with Crippen molar-refractivity contribution < 1.29 is 19.4 Å². The highest BCUT2D eigenvalue weighted by atomic mass is 19.1. The number of carboxylic acid groups (broad SMARTS) is 1. The molecular formula is C14H13FO3. The van der Waals surface area contributed by atoms with Crippen LogP contribution in [0.25, 0.3) is 0 Å². The summed E-state index contributed by atoms with van der Waals surface area (Å²) in [6.45, 7) is 1.79. The van der Waals surface area contributed by atoms with Gasteiger partial charge in [-0.3, -0.25) is 0 Å². The molecule has 94 valence electrons. The zero-order chi connectivity index (χ0) is 13.5. The Kier molecular flexibility index (Phi) is 4.87. The van der Waals surface area contributed by atoms with E-state index in [1.165, 1.54) is 12.1 Å². The Morgan fingerprint density at radius 3 is 2.11 bits per heavy atom. The number of carboxylic acids is 1. The molecule has 0 aliphatic rings. The highest BCUT2D eigenvalue weighted by molar-refractivity contribution is 5.87. The van der Waals surface area contributed by atoms with Crippen molar-refractivity contribution in [3.05, 3.63) is 65.5 Å². The van der Waals surface area contributed by atoms with Crippen LogP contribution in [-0.4, -0.2) is 16.2 Å². The molecule has 0 fully saturated rings. The number of hydrogen-bond donors (Lipinski definition) is 2. The average molecular weight is 248 g/mol. The molecule has 2 N–H and O–H groups in total. The van der Waals surface area contributed by atoms with Crippen molar-refractivity contribution in [2.24, 2.45) is 0 Å². The minimum Gasteiger partial charge on any atom is -0.505 e. The normalized spacial score (nSPS) is 9.22. The van der Waals surface area contributed by atoms with E-state index >= 15 is 0 Å². The third-order valence-electron chi connectivity index (χ3n) is 2.12. The van der Waals surface area contributed by atoms with Gasteiger partial charge in [0.1, 0.15) is 0 Å². The molecule has 0 unspecified atom stereocenters. The Morgan fingerprint density at radius 2 is 1.72 bits per heavy atom. The van der Waals surface area contributed by atoms with Gasteiger partial charge in [0.05, 0.1) is 5.56 Å². The van der Waals surface area contributed by atoms with Gasteiger partial charge in [-0.1, -0.05) is 24.3 Å². The summed E-state index contributed by atoms with van der Waals surface area (Å²) in [6, 6.07) is 12.5. The standard InChI is InChI=1S/C7H7FO.C7H6O2/c1-5-2-3-6(8)7(9)4-5;8-7(9)6-4-2-1-3-5-6/h2-4,9H,1H3;1-5H,(H,8,9). The molecular weight excluding hydrogens is 235 g/mol. The molecule has 0 spiro atoms. The Labute approximate surface area is 104 Å². The highest BCUT2D eigenvalue weighted by Crippen LogP contribution is 2.15. The van der Waals surface area contributed by atoms with E-state index < -0.39 is 11.8 Å². The van der Waals surface area contributed by atoms with Gasteiger partial charge in [-0.25, -0.2) is 9.18 Å². The predicted octanol–water partition coefficient (Wildman–Crippen LogP) is 3.22. The van der Waals surface area contributed by atoms with Gasteiger partial charge in [-0.15, -0.1) is 0 Å². The van der Waals surface area contributed by atoms with E-state index in [9.17, 15) is 9.18 Å². The molecule has 0 aliphatic heterocycles. The van der Waals surface area contributed by atoms with Crippen LogP contribution < -0.4 is 0 Å². The smallest absolute Gasteiger partial charge is 0.335 e. The van der Waals surface area contributed by atoms with Crippen LogP contribution in [0, 0.1) is 12.7 Å². The van der Waals surface area contributed by atoms with Crippen LogP contribution in [0.15, 0.2) is 48.5 Å². The minimum absolute atomic E-state index is 0.282. The fraction of sp³-hybridized carbons (Fsp3) is 0.0714. The quantitative estimate of drug-likeness (QED) is 0.814. The summed E-state index contributed by atoms with van der Waals surface area (Å²) in [5.41, 5.74) is 1.19. The lowest BCUT2D eigenvalue weighted by Crippen LogP contribution is -1.93. The van der Waals surface area contributed by atoms with E-state index in [0.717, 1.165) is 5.56 Å². The lowest BCUT2D eigenvalue weighted by atomic mass is 10.2. The van der Waals surface area contributed by atoms with Crippen molar-refractivity contribution >= 4 is 5.97 Å². The number of hydrogen-bond acceptors (Lipinski definition) is 2. The van der Waals surface area contributed by atoms with E-state index in [2.05, 4.69) is 0 Å². The highest BCUT2D eigenvalue weighted by Gasteiger charge is 1.97. The van der Waals surface area contributed by atoms with Gasteiger partial charge in [-0.2, -0.15) is 0 Å². The summed E-state index contributed by atoms with van der Waals surface area (Å²) in [6.07, 6.45) is 0. The largest absolute Gasteiger partial charge is 0.505 e. The second-order valence-corrected chi connectivity index (χ2v) is 3.63. The number of aromatic carboxylic acids is 1. The maximum absolute atomic E-state index is 12.2. The number of carbonyl (C=O) groups is 1. The molecule has 2 rings (SSSR count). The zero-order valence-electron chi connectivity index (χ0n) is 9.80. The lowest BCUT2D eigenvalue weighted by Gasteiger charge is -1.93. The van der Waals surface area contributed by atoms with Crippen LogP contribution in [0.2, 0.25) is 0 Å². The van der Waals surface area contributed by atoms with Crippen LogP contribution in [0.5, 0.6) is 5.75 Å². The second kappa shape index (κ2) is 6.39. The molecule has 0 radical (unpaired) electrons. The molecule has 2 aromatic carbocycles. The molecule has 0 saturated heterocycles. The fourth-order valence-electron chi connectivity index (χ4n) is 1.20. The number of rotatable bonds is 1. The average Bonchev–Trinajstić information content (AvgIpc) is 2.36. The van der Waals surface area contributed by atoms with Crippen molar-refractivity contribution in [1.82, 2.24) is 0 Å². The molecule has 0 aromatic heterocycles. The molecule has 18 heavy (non-hydrogen) atoms. The lowest BCUT2D eigenvalue weighted by molar-refractivity contribution is 0.0697. The van der Waals surface area contributed by atoms with E-state index in [0.29, 0.717) is 5.56 Å². The van der Waals surface area contributed by atoms with Crippen molar-refractivity contribution in [3.8, 4) is 5.75 Å². The summed E-state index contributed by atoms with van der Waals surface area (Å²) in [5, 5.41) is 17.1. The van der Waals surface area contributed by atoms with E-state index in [1.807, 2.05) is 0 Å². The first-order valence-electron chi connectivity index (χ1n) is 5.24. The van der Waals surface area contributed by atoms with Crippen molar-refractivity contribution in [2.75, 3.05) is 0 Å². The minimum atomic E-state index is -0.879. The molecule has 2 aromatic rings. The summed E-state index contributed by atoms with van der Waals surface area (Å²) in [4.78, 5) is 10.2. The van der Waals surface area contributed by atoms with Gasteiger partial charge < -0.3 is 10.2 Å². The van der Waals surface area contributed by atoms with Crippen molar-refractivity contribution in [2.45, 2.75) is 6.92 Å². The molecule has 0 amide bonds. The molecule has 3 nitrogen and oxygen atoms in total. The van der Waals surface area contributed by atoms with Gasteiger partial charge in [0.25, 0.3) is 0 Å². The van der Waals surface area contributed by atoms with Crippen LogP contribution >= 0.6 is 0 Å². The molecule has 0 aliphatic carbocycles. The van der Waals surface area contributed by atoms with Gasteiger partial charge in [0.2, 0.25) is 0 Å². The third kappa shape index (κ3) is 4.25. The maximum atomic E-state index is 12.2. The van der Waals surface area contributed by atoms with Gasteiger partial charge in [-0.05, 0) is 36.8 Å². The Morgan fingerprint density at radius 1 is 1.11 bits per heavy atom. The summed E-state index contributed by atoms with van der Waals surface area (Å²) < 4.78 is 12.2. The number of phenols is 1. The number of halogens is 1.